The molecule has 3 aromatic carbocycles. The maximum absolute atomic E-state index is 2.52. The zero-order valence-electron chi connectivity index (χ0n) is 16.9. The second-order valence-electron chi connectivity index (χ2n) is 7.37. The predicted octanol–water partition coefficient (Wildman–Crippen LogP) is -4.68. The molecule has 0 aliphatic heterocycles. The van der Waals surface area contributed by atoms with Crippen molar-refractivity contribution in [3.8, 4) is 0 Å². The number of allylic oxidation sites excluding steroid dienone is 4. The molecule has 0 N–H and O–H groups in total. The van der Waals surface area contributed by atoms with Crippen LogP contribution in [-0.4, -0.2) is 8.07 Å². The molecule has 1 aliphatic carbocycles. The minimum atomic E-state index is -2.36. The van der Waals surface area contributed by atoms with Crippen molar-refractivity contribution in [3.63, 3.8) is 0 Å². The van der Waals surface area contributed by atoms with Gasteiger partial charge in [-0.1, -0.05) is 0 Å². The van der Waals surface area contributed by atoms with Gasteiger partial charge in [-0.2, -0.15) is 0 Å². The fraction of sp³-hybridized carbons (Fsp3) is 0.120. The third-order valence-corrected chi connectivity index (χ3v) is 13.6. The Morgan fingerprint density at radius 1 is 0.600 bits per heavy atom. The Kier molecular flexibility index (Phi) is 9.89. The Balaban J connectivity index is 0.00000150. The molecule has 0 nitrogen and oxygen atoms in total. The summed E-state index contributed by atoms with van der Waals surface area (Å²) in [6.07, 6.45) is 4.89. The number of halogens is 3. The molecule has 3 aromatic rings. The number of hydrogen-bond donors (Lipinski definition) is 0. The van der Waals surface area contributed by atoms with E-state index in [1.165, 1.54) is 26.7 Å². The number of rotatable bonds is 4. The van der Waals surface area contributed by atoms with Gasteiger partial charge in [-0.15, -0.1) is 0 Å². The Morgan fingerprint density at radius 2 is 0.933 bits per heavy atom. The normalized spacial score (nSPS) is 17.6. The van der Waals surface area contributed by atoms with E-state index < -0.39 is 8.07 Å². The van der Waals surface area contributed by atoms with Crippen molar-refractivity contribution in [3.05, 3.63) is 114 Å². The molecule has 0 aromatic heterocycles. The maximum Gasteiger partial charge on any atom is -1.00 e. The van der Waals surface area contributed by atoms with Gasteiger partial charge in [0.05, 0.1) is 0 Å². The van der Waals surface area contributed by atoms with E-state index in [0.29, 0.717) is 0 Å². The van der Waals surface area contributed by atoms with E-state index >= 15 is 0 Å². The molecule has 0 saturated carbocycles. The molecular formula is C25H23Cl3SiTi. The molecule has 30 heavy (non-hydrogen) atoms. The minimum Gasteiger partial charge on any atom is -1.00 e. The summed E-state index contributed by atoms with van der Waals surface area (Å²) in [5, 5.41) is 4.39. The molecular weight excluding hydrogens is 483 g/mol. The van der Waals surface area contributed by atoms with E-state index in [1.54, 1.807) is 0 Å². The third-order valence-electron chi connectivity index (χ3n) is 5.72. The Bertz CT molecular complexity index is 908. The van der Waals surface area contributed by atoms with Crippen molar-refractivity contribution in [1.82, 2.24) is 0 Å². The van der Waals surface area contributed by atoms with Crippen molar-refractivity contribution < 1.29 is 57.7 Å². The van der Waals surface area contributed by atoms with E-state index in [0.717, 1.165) is 0 Å². The summed E-state index contributed by atoms with van der Waals surface area (Å²) in [5.41, 5.74) is 2.83. The molecule has 0 bridgehead atoms. The largest absolute Gasteiger partial charge is 1.00 e. The van der Waals surface area contributed by atoms with Crippen molar-refractivity contribution in [2.24, 2.45) is 0 Å². The number of benzene rings is 3. The van der Waals surface area contributed by atoms with Crippen LogP contribution in [0.1, 0.15) is 13.8 Å². The van der Waals surface area contributed by atoms with Crippen LogP contribution in [0.5, 0.6) is 0 Å². The minimum absolute atomic E-state index is 0. The summed E-state index contributed by atoms with van der Waals surface area (Å²) in [6, 6.07) is 33.6. The van der Waals surface area contributed by atoms with Crippen LogP contribution in [0.15, 0.2) is 114 Å². The van der Waals surface area contributed by atoms with Crippen LogP contribution in [0.3, 0.4) is 0 Å². The molecule has 0 amide bonds. The van der Waals surface area contributed by atoms with E-state index in [2.05, 4.69) is 137 Å². The molecule has 5 heteroatoms. The Hall–Kier alpha value is -1.06. The van der Waals surface area contributed by atoms with E-state index in [-0.39, 0.29) is 40.6 Å². The van der Waals surface area contributed by atoms with E-state index in [1.807, 2.05) is 0 Å². The zero-order chi connectivity index (χ0) is 18.9. The fourth-order valence-electron chi connectivity index (χ4n) is 4.60. The van der Waals surface area contributed by atoms with Gasteiger partial charge in [-0.25, -0.2) is 0 Å². The van der Waals surface area contributed by atoms with E-state index in [4.69, 9.17) is 0 Å². The van der Waals surface area contributed by atoms with Gasteiger partial charge < -0.3 is 37.2 Å². The maximum atomic E-state index is 2.52. The van der Waals surface area contributed by atoms with Crippen molar-refractivity contribution in [1.29, 1.82) is 0 Å². The Morgan fingerprint density at radius 3 is 1.20 bits per heavy atom. The summed E-state index contributed by atoms with van der Waals surface area (Å²) in [6.45, 7) is 4.54. The number of hydrogen-bond acceptors (Lipinski definition) is 0. The Labute approximate surface area is 211 Å². The van der Waals surface area contributed by atoms with Crippen molar-refractivity contribution in [2.45, 2.75) is 17.2 Å². The van der Waals surface area contributed by atoms with Gasteiger partial charge in [0.1, 0.15) is 0 Å². The first-order valence-electron chi connectivity index (χ1n) is 9.39. The summed E-state index contributed by atoms with van der Waals surface area (Å²) < 4.78 is -0.0128. The molecule has 1 unspecified atom stereocenters. The molecule has 1 atom stereocenters. The molecule has 4 rings (SSSR count). The van der Waals surface area contributed by atoms with Crippen LogP contribution >= 0.6 is 0 Å². The molecule has 0 saturated heterocycles. The van der Waals surface area contributed by atoms with Crippen LogP contribution < -0.4 is 52.8 Å². The zero-order valence-corrected chi connectivity index (χ0v) is 21.8. The van der Waals surface area contributed by atoms with Crippen LogP contribution in [-0.2, 0) is 20.4 Å². The molecule has 0 radical (unpaired) electrons. The predicted molar refractivity (Wildman–Crippen MR) is 114 cm³/mol. The molecule has 1 aliphatic rings. The summed E-state index contributed by atoms with van der Waals surface area (Å²) >= 11 is 2.45. The van der Waals surface area contributed by atoms with Gasteiger partial charge >= 0.3 is 176 Å². The van der Waals surface area contributed by atoms with Crippen LogP contribution in [0.2, 0.25) is 3.34 Å². The van der Waals surface area contributed by atoms with Gasteiger partial charge in [0.2, 0.25) is 0 Å². The first-order valence-corrected chi connectivity index (χ1v) is 12.2. The van der Waals surface area contributed by atoms with Crippen LogP contribution in [0.4, 0.5) is 0 Å². The van der Waals surface area contributed by atoms with Crippen molar-refractivity contribution >= 4 is 23.6 Å². The van der Waals surface area contributed by atoms with Crippen molar-refractivity contribution in [2.75, 3.05) is 0 Å². The summed E-state index contributed by atoms with van der Waals surface area (Å²) in [7, 11) is -2.36. The molecule has 0 spiro atoms. The fourth-order valence-corrected chi connectivity index (χ4v) is 12.7. The van der Waals surface area contributed by atoms with Gasteiger partial charge in [0, 0.05) is 0 Å². The third kappa shape index (κ3) is 4.30. The van der Waals surface area contributed by atoms with Crippen LogP contribution in [0, 0.1) is 0 Å². The first-order chi connectivity index (χ1) is 13.1. The average molecular weight is 506 g/mol. The van der Waals surface area contributed by atoms with Gasteiger partial charge in [-0.05, 0) is 0 Å². The first kappa shape index (κ1) is 27.0. The molecule has 0 heterocycles. The monoisotopic (exact) mass is 504 g/mol. The second kappa shape index (κ2) is 11.0. The van der Waals surface area contributed by atoms with Gasteiger partial charge in [0.15, 0.2) is 0 Å². The molecule has 0 fully saturated rings. The summed E-state index contributed by atoms with van der Waals surface area (Å²) in [4.78, 5) is 0. The standard InChI is InChI=1S/C25H23Si.3ClH.Ti/c1-20-18-21(2)25(19-20)26(22-12-6-3-7-13-22,23-14-8-4-9-15-23)24-16-10-5-11-17-24;;;;/h3-19H,1-2H3;3*1H;/q;;;;+3/p-3. The van der Waals surface area contributed by atoms with Gasteiger partial charge in [0.25, 0.3) is 0 Å². The quantitative estimate of drug-likeness (QED) is 0.247. The topological polar surface area (TPSA) is 0 Å². The molecule has 152 valence electrons. The smallest absolute Gasteiger partial charge is 1.00 e. The van der Waals surface area contributed by atoms with E-state index in [9.17, 15) is 0 Å². The van der Waals surface area contributed by atoms with Crippen LogP contribution in [0.25, 0.3) is 0 Å². The average Bonchev–Trinajstić information content (AvgIpc) is 2.97. The van der Waals surface area contributed by atoms with Gasteiger partial charge in [-0.3, -0.25) is 0 Å². The summed E-state index contributed by atoms with van der Waals surface area (Å²) in [5.74, 6) is 0. The second-order valence-corrected chi connectivity index (χ2v) is 13.4. The SMILES string of the molecule is CC1=C[C]([Ti+3])([Si](c2ccccc2)(c2ccccc2)c2ccccc2)C(C)=C1.[Cl-].[Cl-].[Cl-].